The van der Waals surface area contributed by atoms with Gasteiger partial charge in [0.15, 0.2) is 5.75 Å². The highest BCUT2D eigenvalue weighted by atomic mass is 79.9. The second-order valence-electron chi connectivity index (χ2n) is 3.55. The van der Waals surface area contributed by atoms with Crippen molar-refractivity contribution in [2.45, 2.75) is 6.92 Å². The molecule has 1 aromatic carbocycles. The van der Waals surface area contributed by atoms with Gasteiger partial charge in [-0.2, -0.15) is 0 Å². The first-order chi connectivity index (χ1) is 8.20. The van der Waals surface area contributed by atoms with Crippen LogP contribution < -0.4 is 9.47 Å². The van der Waals surface area contributed by atoms with Gasteiger partial charge >= 0.3 is 0 Å². The minimum Gasteiger partial charge on any atom is -0.491 e. The van der Waals surface area contributed by atoms with Crippen LogP contribution in [0.5, 0.6) is 17.4 Å². The summed E-state index contributed by atoms with van der Waals surface area (Å²) in [6, 6.07) is 9.48. The highest BCUT2D eigenvalue weighted by molar-refractivity contribution is 9.10. The van der Waals surface area contributed by atoms with Gasteiger partial charge < -0.3 is 9.47 Å². The van der Waals surface area contributed by atoms with Crippen molar-refractivity contribution in [1.82, 2.24) is 4.98 Å². The zero-order valence-corrected chi connectivity index (χ0v) is 11.2. The van der Waals surface area contributed by atoms with Gasteiger partial charge in [-0.1, -0.05) is 6.07 Å². The van der Waals surface area contributed by atoms with E-state index in [0.29, 0.717) is 17.4 Å². The van der Waals surface area contributed by atoms with E-state index in [-0.39, 0.29) is 0 Å². The molecular formula is C13H12BrNO2. The van der Waals surface area contributed by atoms with Gasteiger partial charge in [0, 0.05) is 6.20 Å². The molecule has 0 N–H and O–H groups in total. The van der Waals surface area contributed by atoms with Crippen molar-refractivity contribution < 1.29 is 9.47 Å². The van der Waals surface area contributed by atoms with Crippen molar-refractivity contribution >= 4 is 15.9 Å². The third kappa shape index (κ3) is 2.77. The van der Waals surface area contributed by atoms with E-state index >= 15 is 0 Å². The molecule has 1 aromatic heterocycles. The van der Waals surface area contributed by atoms with Gasteiger partial charge in [-0.3, -0.25) is 0 Å². The Balaban J connectivity index is 2.31. The Morgan fingerprint density at radius 2 is 2.00 bits per heavy atom. The molecule has 0 unspecified atom stereocenters. The van der Waals surface area contributed by atoms with Crippen LogP contribution in [-0.2, 0) is 0 Å². The lowest BCUT2D eigenvalue weighted by Crippen LogP contribution is -1.93. The normalized spacial score (nSPS) is 10.1. The van der Waals surface area contributed by atoms with Crippen LogP contribution in [0.15, 0.2) is 41.0 Å². The summed E-state index contributed by atoms with van der Waals surface area (Å²) < 4.78 is 11.8. The summed E-state index contributed by atoms with van der Waals surface area (Å²) in [5, 5.41) is 0. The lowest BCUT2D eigenvalue weighted by atomic mass is 10.2. The molecule has 0 atom stereocenters. The molecular weight excluding hydrogens is 282 g/mol. The molecule has 1 heterocycles. The predicted molar refractivity (Wildman–Crippen MR) is 69.7 cm³/mol. The van der Waals surface area contributed by atoms with Crippen LogP contribution in [0.1, 0.15) is 5.56 Å². The van der Waals surface area contributed by atoms with Crippen molar-refractivity contribution in [2.24, 2.45) is 0 Å². The summed E-state index contributed by atoms with van der Waals surface area (Å²) >= 11 is 3.46. The standard InChI is InChI=1S/C13H12BrNO2/c1-9-5-6-11(10(14)8-9)17-13-12(16-2)4-3-7-15-13/h3-8H,1-2H3. The molecule has 2 rings (SSSR count). The zero-order chi connectivity index (χ0) is 12.3. The molecule has 0 spiro atoms. The van der Waals surface area contributed by atoms with Gasteiger partial charge in [0.25, 0.3) is 5.88 Å². The van der Waals surface area contributed by atoms with E-state index in [0.717, 1.165) is 10.0 Å². The maximum Gasteiger partial charge on any atom is 0.262 e. The van der Waals surface area contributed by atoms with Crippen LogP contribution in [-0.4, -0.2) is 12.1 Å². The lowest BCUT2D eigenvalue weighted by Gasteiger charge is -2.10. The molecule has 0 aliphatic heterocycles. The van der Waals surface area contributed by atoms with Crippen molar-refractivity contribution in [3.63, 3.8) is 0 Å². The van der Waals surface area contributed by atoms with Gasteiger partial charge in [-0.15, -0.1) is 0 Å². The van der Waals surface area contributed by atoms with Crippen LogP contribution in [0, 0.1) is 6.92 Å². The monoisotopic (exact) mass is 293 g/mol. The first kappa shape index (κ1) is 11.9. The highest BCUT2D eigenvalue weighted by Crippen LogP contribution is 2.33. The molecule has 0 amide bonds. The Hall–Kier alpha value is -1.55. The number of benzene rings is 1. The largest absolute Gasteiger partial charge is 0.491 e. The van der Waals surface area contributed by atoms with Crippen molar-refractivity contribution in [1.29, 1.82) is 0 Å². The Morgan fingerprint density at radius 1 is 1.18 bits per heavy atom. The third-order valence-corrected chi connectivity index (χ3v) is 2.87. The highest BCUT2D eigenvalue weighted by Gasteiger charge is 2.08. The number of methoxy groups -OCH3 is 1. The summed E-state index contributed by atoms with van der Waals surface area (Å²) in [4.78, 5) is 4.14. The second-order valence-corrected chi connectivity index (χ2v) is 4.40. The van der Waals surface area contributed by atoms with Gasteiger partial charge in [0.1, 0.15) is 5.75 Å². The number of pyridine rings is 1. The molecule has 17 heavy (non-hydrogen) atoms. The Kier molecular flexibility index (Phi) is 3.64. The smallest absolute Gasteiger partial charge is 0.262 e. The van der Waals surface area contributed by atoms with Crippen molar-refractivity contribution in [2.75, 3.05) is 7.11 Å². The topological polar surface area (TPSA) is 31.4 Å². The summed E-state index contributed by atoms with van der Waals surface area (Å²) in [5.41, 5.74) is 1.16. The molecule has 2 aromatic rings. The molecule has 0 fully saturated rings. The minimum absolute atomic E-state index is 0.458. The second kappa shape index (κ2) is 5.19. The lowest BCUT2D eigenvalue weighted by molar-refractivity contribution is 0.369. The number of halogens is 1. The predicted octanol–water partition coefficient (Wildman–Crippen LogP) is 3.95. The fourth-order valence-electron chi connectivity index (χ4n) is 1.40. The number of aryl methyl sites for hydroxylation is 1. The van der Waals surface area contributed by atoms with E-state index in [2.05, 4.69) is 20.9 Å². The van der Waals surface area contributed by atoms with E-state index in [4.69, 9.17) is 9.47 Å². The van der Waals surface area contributed by atoms with Crippen LogP contribution in [0.3, 0.4) is 0 Å². The number of nitrogens with zero attached hydrogens (tertiary/aromatic N) is 1. The Morgan fingerprint density at radius 3 is 2.71 bits per heavy atom. The molecule has 0 aliphatic carbocycles. The molecule has 0 aliphatic rings. The van der Waals surface area contributed by atoms with Gasteiger partial charge in [0.05, 0.1) is 11.6 Å². The number of aromatic nitrogens is 1. The number of ether oxygens (including phenoxy) is 2. The first-order valence-electron chi connectivity index (χ1n) is 5.13. The van der Waals surface area contributed by atoms with Crippen LogP contribution in [0.25, 0.3) is 0 Å². The van der Waals surface area contributed by atoms with Crippen LogP contribution >= 0.6 is 15.9 Å². The van der Waals surface area contributed by atoms with E-state index in [1.54, 1.807) is 19.4 Å². The van der Waals surface area contributed by atoms with Gasteiger partial charge in [0.2, 0.25) is 0 Å². The maximum atomic E-state index is 5.70. The molecule has 3 nitrogen and oxygen atoms in total. The van der Waals surface area contributed by atoms with Crippen LogP contribution in [0.2, 0.25) is 0 Å². The fourth-order valence-corrected chi connectivity index (χ4v) is 1.98. The SMILES string of the molecule is COc1cccnc1Oc1ccc(C)cc1Br. The molecule has 0 saturated carbocycles. The summed E-state index contributed by atoms with van der Waals surface area (Å²) in [6.45, 7) is 2.02. The fraction of sp³-hybridized carbons (Fsp3) is 0.154. The van der Waals surface area contributed by atoms with Crippen molar-refractivity contribution in [3.8, 4) is 17.4 Å². The molecule has 0 saturated heterocycles. The maximum absolute atomic E-state index is 5.70. The first-order valence-corrected chi connectivity index (χ1v) is 5.93. The van der Waals surface area contributed by atoms with E-state index in [9.17, 15) is 0 Å². The average molecular weight is 294 g/mol. The number of hydrogen-bond donors (Lipinski definition) is 0. The quantitative estimate of drug-likeness (QED) is 0.858. The number of hydrogen-bond acceptors (Lipinski definition) is 3. The molecule has 4 heteroatoms. The van der Waals surface area contributed by atoms with E-state index < -0.39 is 0 Å². The minimum atomic E-state index is 0.458. The summed E-state index contributed by atoms with van der Waals surface area (Å²) in [6.07, 6.45) is 1.67. The third-order valence-electron chi connectivity index (χ3n) is 2.25. The Bertz CT molecular complexity index is 529. The van der Waals surface area contributed by atoms with Gasteiger partial charge in [-0.25, -0.2) is 4.98 Å². The van der Waals surface area contributed by atoms with E-state index in [1.807, 2.05) is 31.2 Å². The Labute approximate surface area is 109 Å². The molecule has 88 valence electrons. The zero-order valence-electron chi connectivity index (χ0n) is 9.61. The summed E-state index contributed by atoms with van der Waals surface area (Å²) in [7, 11) is 1.59. The van der Waals surface area contributed by atoms with Gasteiger partial charge in [-0.05, 0) is 52.7 Å². The van der Waals surface area contributed by atoms with Crippen molar-refractivity contribution in [3.05, 3.63) is 46.6 Å². The number of rotatable bonds is 3. The summed E-state index contributed by atoms with van der Waals surface area (Å²) in [5.74, 6) is 1.78. The molecule has 0 radical (unpaired) electrons. The van der Waals surface area contributed by atoms with E-state index in [1.165, 1.54) is 0 Å². The average Bonchev–Trinajstić information content (AvgIpc) is 2.33. The molecule has 0 bridgehead atoms. The van der Waals surface area contributed by atoms with Crippen LogP contribution in [0.4, 0.5) is 0 Å².